The fourth-order valence-corrected chi connectivity index (χ4v) is 2.74. The van der Waals surface area contributed by atoms with Crippen LogP contribution in [0.3, 0.4) is 0 Å². The van der Waals surface area contributed by atoms with Crippen molar-refractivity contribution >= 4 is 11.4 Å². The summed E-state index contributed by atoms with van der Waals surface area (Å²) >= 11 is 0. The van der Waals surface area contributed by atoms with E-state index in [1.54, 1.807) is 6.07 Å². The molecule has 0 amide bonds. The molecule has 19 heavy (non-hydrogen) atoms. The molecule has 3 unspecified atom stereocenters. The molecule has 0 heterocycles. The first kappa shape index (κ1) is 13.8. The van der Waals surface area contributed by atoms with Crippen molar-refractivity contribution < 1.29 is 9.31 Å². The number of hydrogen-bond donors (Lipinski definition) is 1. The van der Waals surface area contributed by atoms with Gasteiger partial charge in [-0.3, -0.25) is 10.1 Å². The molecule has 0 spiro atoms. The van der Waals surface area contributed by atoms with E-state index in [0.717, 1.165) is 6.42 Å². The normalized spacial score (nSPS) is 27.0. The van der Waals surface area contributed by atoms with E-state index in [-0.39, 0.29) is 0 Å². The van der Waals surface area contributed by atoms with Gasteiger partial charge in [-0.1, -0.05) is 26.7 Å². The van der Waals surface area contributed by atoms with E-state index in [0.29, 0.717) is 23.6 Å². The Labute approximate surface area is 112 Å². The van der Waals surface area contributed by atoms with E-state index in [2.05, 4.69) is 19.2 Å². The van der Waals surface area contributed by atoms with Crippen LogP contribution >= 0.6 is 0 Å². The van der Waals surface area contributed by atoms with Crippen LogP contribution < -0.4 is 5.32 Å². The van der Waals surface area contributed by atoms with Gasteiger partial charge in [-0.05, 0) is 24.3 Å². The van der Waals surface area contributed by atoms with Gasteiger partial charge < -0.3 is 5.32 Å². The van der Waals surface area contributed by atoms with Crippen molar-refractivity contribution in [1.82, 2.24) is 0 Å². The zero-order valence-electron chi connectivity index (χ0n) is 11.2. The molecule has 4 nitrogen and oxygen atoms in total. The molecule has 5 heteroatoms. The second-order valence-electron chi connectivity index (χ2n) is 5.44. The number of halogens is 1. The molecular weight excluding hydrogens is 247 g/mol. The second-order valence-corrected chi connectivity index (χ2v) is 5.44. The van der Waals surface area contributed by atoms with E-state index in [9.17, 15) is 14.5 Å². The SMILES string of the molecule is CC1CCCC(Nc2ccc([N+](=O)[O-])c(F)c2)C1C. The third kappa shape index (κ3) is 3.03. The summed E-state index contributed by atoms with van der Waals surface area (Å²) in [6, 6.07) is 4.32. The van der Waals surface area contributed by atoms with Crippen LogP contribution in [0.2, 0.25) is 0 Å². The summed E-state index contributed by atoms with van der Waals surface area (Å²) in [7, 11) is 0. The quantitative estimate of drug-likeness (QED) is 0.665. The van der Waals surface area contributed by atoms with Crippen molar-refractivity contribution in [2.75, 3.05) is 5.32 Å². The minimum atomic E-state index is -0.786. The lowest BCUT2D eigenvalue weighted by Crippen LogP contribution is -2.35. The Hall–Kier alpha value is -1.65. The number of nitrogens with zero attached hydrogens (tertiary/aromatic N) is 1. The van der Waals surface area contributed by atoms with Gasteiger partial charge in [0.05, 0.1) is 4.92 Å². The fourth-order valence-electron chi connectivity index (χ4n) is 2.74. The summed E-state index contributed by atoms with van der Waals surface area (Å²) in [5.74, 6) is 0.382. The van der Waals surface area contributed by atoms with Crippen LogP contribution in [-0.4, -0.2) is 11.0 Å². The highest BCUT2D eigenvalue weighted by atomic mass is 19.1. The van der Waals surface area contributed by atoms with Gasteiger partial charge in [0.15, 0.2) is 0 Å². The van der Waals surface area contributed by atoms with Gasteiger partial charge in [-0.15, -0.1) is 0 Å². The minimum Gasteiger partial charge on any atom is -0.382 e. The predicted molar refractivity (Wildman–Crippen MR) is 72.6 cm³/mol. The van der Waals surface area contributed by atoms with Gasteiger partial charge in [0, 0.05) is 23.9 Å². The van der Waals surface area contributed by atoms with E-state index >= 15 is 0 Å². The molecule has 1 N–H and O–H groups in total. The first-order valence-corrected chi connectivity index (χ1v) is 6.69. The van der Waals surface area contributed by atoms with Gasteiger partial charge in [-0.25, -0.2) is 0 Å². The van der Waals surface area contributed by atoms with Gasteiger partial charge in [0.2, 0.25) is 5.82 Å². The highest BCUT2D eigenvalue weighted by molar-refractivity contribution is 5.50. The maximum Gasteiger partial charge on any atom is 0.304 e. The molecule has 1 aromatic carbocycles. The lowest BCUT2D eigenvalue weighted by atomic mass is 9.78. The van der Waals surface area contributed by atoms with Gasteiger partial charge in [-0.2, -0.15) is 4.39 Å². The number of benzene rings is 1. The molecule has 0 radical (unpaired) electrons. The van der Waals surface area contributed by atoms with Crippen LogP contribution in [0.1, 0.15) is 33.1 Å². The zero-order valence-corrected chi connectivity index (χ0v) is 11.2. The molecule has 1 aromatic rings. The Morgan fingerprint density at radius 3 is 2.74 bits per heavy atom. The summed E-state index contributed by atoms with van der Waals surface area (Å²) in [6.07, 6.45) is 3.46. The number of anilines is 1. The van der Waals surface area contributed by atoms with Crippen LogP contribution in [0.15, 0.2) is 18.2 Å². The highest BCUT2D eigenvalue weighted by Crippen LogP contribution is 2.32. The average Bonchev–Trinajstić information content (AvgIpc) is 2.34. The minimum absolute atomic E-state index is 0.310. The molecule has 2 rings (SSSR count). The molecular formula is C14H19FN2O2. The van der Waals surface area contributed by atoms with Crippen LogP contribution in [0.4, 0.5) is 15.8 Å². The predicted octanol–water partition coefficient (Wildman–Crippen LogP) is 3.97. The first-order chi connectivity index (χ1) is 8.99. The lowest BCUT2D eigenvalue weighted by molar-refractivity contribution is -0.387. The molecule has 0 aromatic heterocycles. The van der Waals surface area contributed by atoms with E-state index in [1.165, 1.54) is 25.0 Å². The third-order valence-corrected chi connectivity index (χ3v) is 4.20. The number of nitro groups is 1. The van der Waals surface area contributed by atoms with E-state index in [1.807, 2.05) is 0 Å². The maximum absolute atomic E-state index is 13.5. The van der Waals surface area contributed by atoms with E-state index < -0.39 is 16.4 Å². The third-order valence-electron chi connectivity index (χ3n) is 4.20. The largest absolute Gasteiger partial charge is 0.382 e. The molecule has 0 aliphatic heterocycles. The van der Waals surface area contributed by atoms with Crippen LogP contribution in [0.25, 0.3) is 0 Å². The first-order valence-electron chi connectivity index (χ1n) is 6.69. The summed E-state index contributed by atoms with van der Waals surface area (Å²) in [5, 5.41) is 13.9. The molecule has 0 saturated heterocycles. The smallest absolute Gasteiger partial charge is 0.304 e. The van der Waals surface area contributed by atoms with Crippen molar-refractivity contribution in [3.8, 4) is 0 Å². The van der Waals surface area contributed by atoms with Crippen LogP contribution in [-0.2, 0) is 0 Å². The number of rotatable bonds is 3. The molecule has 1 fully saturated rings. The summed E-state index contributed by atoms with van der Waals surface area (Å²) in [4.78, 5) is 9.86. The Morgan fingerprint density at radius 2 is 2.11 bits per heavy atom. The van der Waals surface area contributed by atoms with Crippen LogP contribution in [0, 0.1) is 27.8 Å². The van der Waals surface area contributed by atoms with Gasteiger partial charge in [0.25, 0.3) is 0 Å². The van der Waals surface area contributed by atoms with Crippen molar-refractivity contribution in [2.24, 2.45) is 11.8 Å². The van der Waals surface area contributed by atoms with E-state index in [4.69, 9.17) is 0 Å². The van der Waals surface area contributed by atoms with Crippen molar-refractivity contribution in [2.45, 2.75) is 39.2 Å². The van der Waals surface area contributed by atoms with Crippen molar-refractivity contribution in [1.29, 1.82) is 0 Å². The molecule has 0 bridgehead atoms. The maximum atomic E-state index is 13.5. The van der Waals surface area contributed by atoms with Crippen molar-refractivity contribution in [3.05, 3.63) is 34.1 Å². The molecule has 104 valence electrons. The number of nitrogens with one attached hydrogen (secondary N) is 1. The lowest BCUT2D eigenvalue weighted by Gasteiger charge is -2.35. The topological polar surface area (TPSA) is 55.2 Å². The Kier molecular flexibility index (Phi) is 4.02. The monoisotopic (exact) mass is 266 g/mol. The molecule has 1 saturated carbocycles. The highest BCUT2D eigenvalue weighted by Gasteiger charge is 2.27. The summed E-state index contributed by atoms with van der Waals surface area (Å²) in [5.41, 5.74) is 0.143. The zero-order chi connectivity index (χ0) is 14.0. The fraction of sp³-hybridized carbons (Fsp3) is 0.571. The standard InChI is InChI=1S/C14H19FN2O2/c1-9-4-3-5-13(10(9)2)16-11-6-7-14(17(18)19)12(15)8-11/h6-10,13,16H,3-5H2,1-2H3. The van der Waals surface area contributed by atoms with Gasteiger partial charge >= 0.3 is 5.69 Å². The Balaban J connectivity index is 2.11. The summed E-state index contributed by atoms with van der Waals surface area (Å²) < 4.78 is 13.5. The van der Waals surface area contributed by atoms with Gasteiger partial charge in [0.1, 0.15) is 0 Å². The number of hydrogen-bond acceptors (Lipinski definition) is 3. The Morgan fingerprint density at radius 1 is 1.37 bits per heavy atom. The Bertz CT molecular complexity index is 479. The molecule has 1 aliphatic rings. The molecule has 3 atom stereocenters. The molecule has 1 aliphatic carbocycles. The average molecular weight is 266 g/mol. The second kappa shape index (κ2) is 5.55. The number of nitro benzene ring substituents is 1. The van der Waals surface area contributed by atoms with Crippen LogP contribution in [0.5, 0.6) is 0 Å². The van der Waals surface area contributed by atoms with Crippen molar-refractivity contribution in [3.63, 3.8) is 0 Å². The summed E-state index contributed by atoms with van der Waals surface area (Å²) in [6.45, 7) is 4.43.